The Kier molecular flexibility index (Phi) is 3.99. The first-order valence-corrected chi connectivity index (χ1v) is 5.97. The zero-order valence-corrected chi connectivity index (χ0v) is 11.0. The number of aromatic amines is 1. The molecular weight excluding hydrogens is 230 g/mol. The minimum absolute atomic E-state index is 0.255. The standard InChI is InChI=1S/C12H19N5O/c1-9(8-18-3)17-5-4-13-12(17)14-6-11-7-15-16-10(11)2/h4-5,7,9H,6,8H2,1-3H3,(H,13,14)(H,15,16). The molecule has 2 aromatic rings. The van der Waals surface area contributed by atoms with E-state index in [9.17, 15) is 0 Å². The normalized spacial score (nSPS) is 12.6. The van der Waals surface area contributed by atoms with Gasteiger partial charge in [0.25, 0.3) is 0 Å². The molecule has 0 radical (unpaired) electrons. The third-order valence-corrected chi connectivity index (χ3v) is 2.92. The molecule has 2 N–H and O–H groups in total. The Balaban J connectivity index is 2.02. The second kappa shape index (κ2) is 5.68. The highest BCUT2D eigenvalue weighted by molar-refractivity contribution is 5.29. The minimum atomic E-state index is 0.255. The Hall–Kier alpha value is -1.82. The molecule has 1 unspecified atom stereocenters. The molecule has 0 bridgehead atoms. The van der Waals surface area contributed by atoms with Crippen molar-refractivity contribution in [1.29, 1.82) is 0 Å². The van der Waals surface area contributed by atoms with E-state index in [4.69, 9.17) is 4.74 Å². The molecule has 6 heteroatoms. The summed E-state index contributed by atoms with van der Waals surface area (Å²) in [6, 6.07) is 0.255. The lowest BCUT2D eigenvalue weighted by Crippen LogP contribution is -2.14. The third kappa shape index (κ3) is 2.70. The quantitative estimate of drug-likeness (QED) is 0.818. The molecule has 0 aliphatic heterocycles. The SMILES string of the molecule is COCC(C)n1ccnc1NCc1cn[nH]c1C. The second-order valence-electron chi connectivity index (χ2n) is 4.34. The van der Waals surface area contributed by atoms with Crippen LogP contribution in [0.15, 0.2) is 18.6 Å². The summed E-state index contributed by atoms with van der Waals surface area (Å²) in [4.78, 5) is 4.31. The number of anilines is 1. The first-order chi connectivity index (χ1) is 8.72. The van der Waals surface area contributed by atoms with E-state index in [-0.39, 0.29) is 6.04 Å². The predicted octanol–water partition coefficient (Wildman–Crippen LogP) is 1.73. The van der Waals surface area contributed by atoms with Crippen LogP contribution in [-0.4, -0.2) is 33.5 Å². The van der Waals surface area contributed by atoms with Gasteiger partial charge in [0, 0.05) is 37.3 Å². The van der Waals surface area contributed by atoms with Crippen molar-refractivity contribution < 1.29 is 4.74 Å². The number of aromatic nitrogens is 4. The van der Waals surface area contributed by atoms with Crippen LogP contribution < -0.4 is 5.32 Å². The molecule has 6 nitrogen and oxygen atoms in total. The van der Waals surface area contributed by atoms with Gasteiger partial charge < -0.3 is 14.6 Å². The average Bonchev–Trinajstić information content (AvgIpc) is 2.95. The highest BCUT2D eigenvalue weighted by Gasteiger charge is 2.10. The van der Waals surface area contributed by atoms with Crippen LogP contribution in [0, 0.1) is 6.92 Å². The van der Waals surface area contributed by atoms with E-state index in [0.717, 1.165) is 17.2 Å². The zero-order chi connectivity index (χ0) is 13.0. The van der Waals surface area contributed by atoms with Crippen LogP contribution in [-0.2, 0) is 11.3 Å². The molecule has 0 aromatic carbocycles. The van der Waals surface area contributed by atoms with Crippen LogP contribution in [0.2, 0.25) is 0 Å². The van der Waals surface area contributed by atoms with E-state index in [1.807, 2.05) is 19.3 Å². The van der Waals surface area contributed by atoms with Crippen molar-refractivity contribution in [2.45, 2.75) is 26.4 Å². The first-order valence-electron chi connectivity index (χ1n) is 5.97. The smallest absolute Gasteiger partial charge is 0.203 e. The number of rotatable bonds is 6. The summed E-state index contributed by atoms with van der Waals surface area (Å²) in [7, 11) is 1.70. The summed E-state index contributed by atoms with van der Waals surface area (Å²) in [5.41, 5.74) is 2.22. The van der Waals surface area contributed by atoms with Crippen LogP contribution in [0.4, 0.5) is 5.95 Å². The molecule has 2 aromatic heterocycles. The number of ether oxygens (including phenoxy) is 1. The average molecular weight is 249 g/mol. The fourth-order valence-electron chi connectivity index (χ4n) is 1.86. The highest BCUT2D eigenvalue weighted by Crippen LogP contribution is 2.15. The molecule has 98 valence electrons. The number of hydrogen-bond acceptors (Lipinski definition) is 4. The summed E-state index contributed by atoms with van der Waals surface area (Å²) in [6.07, 6.45) is 5.57. The van der Waals surface area contributed by atoms with Crippen LogP contribution in [0.5, 0.6) is 0 Å². The first kappa shape index (κ1) is 12.6. The summed E-state index contributed by atoms with van der Waals surface area (Å²) in [5, 5.41) is 10.2. The molecule has 2 heterocycles. The number of hydrogen-bond donors (Lipinski definition) is 2. The number of nitrogens with zero attached hydrogens (tertiary/aromatic N) is 3. The molecule has 0 amide bonds. The minimum Gasteiger partial charge on any atom is -0.383 e. The highest BCUT2D eigenvalue weighted by atomic mass is 16.5. The van der Waals surface area contributed by atoms with E-state index < -0.39 is 0 Å². The monoisotopic (exact) mass is 249 g/mol. The molecule has 0 spiro atoms. The van der Waals surface area contributed by atoms with Gasteiger partial charge in [-0.25, -0.2) is 4.98 Å². The summed E-state index contributed by atoms with van der Waals surface area (Å²) >= 11 is 0. The van der Waals surface area contributed by atoms with Crippen molar-refractivity contribution in [2.24, 2.45) is 0 Å². The van der Waals surface area contributed by atoms with Crippen molar-refractivity contribution in [2.75, 3.05) is 19.0 Å². The van der Waals surface area contributed by atoms with Gasteiger partial charge in [-0.05, 0) is 13.8 Å². The molecule has 1 atom stereocenters. The maximum atomic E-state index is 5.16. The Morgan fingerprint density at radius 1 is 1.56 bits per heavy atom. The Morgan fingerprint density at radius 2 is 2.39 bits per heavy atom. The zero-order valence-electron chi connectivity index (χ0n) is 11.0. The van der Waals surface area contributed by atoms with Gasteiger partial charge in [-0.3, -0.25) is 5.10 Å². The van der Waals surface area contributed by atoms with Gasteiger partial charge in [0.1, 0.15) is 0 Å². The molecule has 0 aliphatic carbocycles. The van der Waals surface area contributed by atoms with E-state index in [2.05, 4.69) is 32.0 Å². The van der Waals surface area contributed by atoms with Gasteiger partial charge in [-0.2, -0.15) is 5.10 Å². The summed E-state index contributed by atoms with van der Waals surface area (Å²) < 4.78 is 7.23. The van der Waals surface area contributed by atoms with Crippen LogP contribution in [0.25, 0.3) is 0 Å². The molecule has 0 aliphatic rings. The van der Waals surface area contributed by atoms with Gasteiger partial charge in [-0.15, -0.1) is 0 Å². The van der Waals surface area contributed by atoms with E-state index in [1.54, 1.807) is 13.3 Å². The van der Waals surface area contributed by atoms with Crippen LogP contribution in [0.3, 0.4) is 0 Å². The summed E-state index contributed by atoms with van der Waals surface area (Å²) in [5.74, 6) is 0.847. The third-order valence-electron chi connectivity index (χ3n) is 2.92. The lowest BCUT2D eigenvalue weighted by molar-refractivity contribution is 0.163. The van der Waals surface area contributed by atoms with Gasteiger partial charge in [0.05, 0.1) is 18.8 Å². The van der Waals surface area contributed by atoms with Gasteiger partial charge >= 0.3 is 0 Å². The molecule has 0 saturated heterocycles. The fraction of sp³-hybridized carbons (Fsp3) is 0.500. The molecule has 2 rings (SSSR count). The predicted molar refractivity (Wildman–Crippen MR) is 69.5 cm³/mol. The van der Waals surface area contributed by atoms with Gasteiger partial charge in [0.2, 0.25) is 5.95 Å². The molecule has 0 fully saturated rings. The topological polar surface area (TPSA) is 67.8 Å². The van der Waals surface area contributed by atoms with E-state index >= 15 is 0 Å². The second-order valence-corrected chi connectivity index (χ2v) is 4.34. The lowest BCUT2D eigenvalue weighted by atomic mass is 10.3. The number of aryl methyl sites for hydroxylation is 1. The molecule has 18 heavy (non-hydrogen) atoms. The van der Waals surface area contributed by atoms with Crippen molar-refractivity contribution in [1.82, 2.24) is 19.7 Å². The maximum Gasteiger partial charge on any atom is 0.203 e. The Labute approximate surface area is 106 Å². The lowest BCUT2D eigenvalue weighted by Gasteiger charge is -2.16. The Bertz CT molecular complexity index is 490. The van der Waals surface area contributed by atoms with Gasteiger partial charge in [-0.1, -0.05) is 0 Å². The van der Waals surface area contributed by atoms with E-state index in [0.29, 0.717) is 13.2 Å². The Morgan fingerprint density at radius 3 is 3.06 bits per heavy atom. The largest absolute Gasteiger partial charge is 0.383 e. The number of methoxy groups -OCH3 is 1. The fourth-order valence-corrected chi connectivity index (χ4v) is 1.86. The van der Waals surface area contributed by atoms with Crippen molar-refractivity contribution in [3.8, 4) is 0 Å². The summed E-state index contributed by atoms with van der Waals surface area (Å²) in [6.45, 7) is 5.47. The van der Waals surface area contributed by atoms with Gasteiger partial charge in [0.15, 0.2) is 0 Å². The van der Waals surface area contributed by atoms with Crippen LogP contribution >= 0.6 is 0 Å². The number of imidazole rings is 1. The van der Waals surface area contributed by atoms with Crippen LogP contribution in [0.1, 0.15) is 24.2 Å². The van der Waals surface area contributed by atoms with E-state index in [1.165, 1.54) is 0 Å². The van der Waals surface area contributed by atoms with Crippen molar-refractivity contribution >= 4 is 5.95 Å². The maximum absolute atomic E-state index is 5.16. The molecular formula is C12H19N5O. The number of nitrogens with one attached hydrogen (secondary N) is 2. The van der Waals surface area contributed by atoms with Crippen molar-refractivity contribution in [3.05, 3.63) is 29.8 Å². The van der Waals surface area contributed by atoms with Crippen molar-refractivity contribution in [3.63, 3.8) is 0 Å². The molecule has 0 saturated carbocycles. The number of H-pyrrole nitrogens is 1.